The number of hydrogen-bond acceptors (Lipinski definition) is 2. The van der Waals surface area contributed by atoms with Crippen LogP contribution in [0.2, 0.25) is 0 Å². The number of carboxylic acid groups (broad SMARTS) is 1. The minimum Gasteiger partial charge on any atom is -0.481 e. The quantitative estimate of drug-likeness (QED) is 0.106. The normalized spacial score (nSPS) is 10.8. The summed E-state index contributed by atoms with van der Waals surface area (Å²) in [4.78, 5) is 10.4. The van der Waals surface area contributed by atoms with E-state index < -0.39 is 5.97 Å². The number of nitrogens with two attached hydrogens (primary N) is 1. The Kier molecular flexibility index (Phi) is 37.2. The van der Waals surface area contributed by atoms with Crippen LogP contribution in [0, 0.1) is 0 Å². The molecule has 3 nitrogen and oxygen atoms in total. The van der Waals surface area contributed by atoms with E-state index in [1.165, 1.54) is 161 Å². The molecule has 3 heteroatoms. The summed E-state index contributed by atoms with van der Waals surface area (Å²) < 4.78 is 0. The van der Waals surface area contributed by atoms with Crippen molar-refractivity contribution < 1.29 is 9.90 Å². The average Bonchev–Trinajstić information content (AvgIpc) is 2.85. The predicted octanol–water partition coefficient (Wildman–Crippen LogP) is 11.0. The lowest BCUT2D eigenvalue weighted by molar-refractivity contribution is -0.137. The van der Waals surface area contributed by atoms with Crippen LogP contribution in [0.3, 0.4) is 0 Å². The van der Waals surface area contributed by atoms with Gasteiger partial charge in [0.25, 0.3) is 0 Å². The Hall–Kier alpha value is -0.570. The number of rotatable bonds is 28. The van der Waals surface area contributed by atoms with Gasteiger partial charge in [-0.05, 0) is 19.4 Å². The molecule has 0 atom stereocenters. The topological polar surface area (TPSA) is 63.3 Å². The van der Waals surface area contributed by atoms with Crippen LogP contribution in [0.4, 0.5) is 0 Å². The Bertz CT molecular complexity index is 365. The first kappa shape index (κ1) is 36.6. The van der Waals surface area contributed by atoms with Gasteiger partial charge in [0, 0.05) is 6.42 Å². The van der Waals surface area contributed by atoms with Crippen molar-refractivity contribution in [3.8, 4) is 0 Å². The van der Waals surface area contributed by atoms with E-state index in [-0.39, 0.29) is 0 Å². The predicted molar refractivity (Wildman–Crippen MR) is 157 cm³/mol. The van der Waals surface area contributed by atoms with Crippen molar-refractivity contribution >= 4 is 5.97 Å². The lowest BCUT2D eigenvalue weighted by Gasteiger charge is -2.03. The fraction of sp³-hybridized carbons (Fsp3) is 0.969. The van der Waals surface area contributed by atoms with E-state index >= 15 is 0 Å². The molecule has 0 amide bonds. The van der Waals surface area contributed by atoms with Gasteiger partial charge < -0.3 is 10.8 Å². The van der Waals surface area contributed by atoms with Crippen LogP contribution >= 0.6 is 0 Å². The third-order valence-corrected chi connectivity index (χ3v) is 7.05. The molecule has 0 aliphatic rings. The molecular formula is C32H67NO2. The first-order chi connectivity index (χ1) is 17.2. The Balaban J connectivity index is 0. The number of hydrogen-bond donors (Lipinski definition) is 2. The molecule has 0 heterocycles. The van der Waals surface area contributed by atoms with Crippen LogP contribution in [0.5, 0.6) is 0 Å². The summed E-state index contributed by atoms with van der Waals surface area (Å²) in [6.45, 7) is 5.41. The second kappa shape index (κ2) is 35.6. The zero-order valence-electron chi connectivity index (χ0n) is 24.4. The van der Waals surface area contributed by atoms with Crippen LogP contribution in [0.1, 0.15) is 194 Å². The van der Waals surface area contributed by atoms with Gasteiger partial charge >= 0.3 is 5.97 Å². The Morgan fingerprint density at radius 3 is 0.886 bits per heavy atom. The van der Waals surface area contributed by atoms with E-state index in [0.717, 1.165) is 19.4 Å². The van der Waals surface area contributed by atoms with Crippen LogP contribution < -0.4 is 5.73 Å². The average molecular weight is 498 g/mol. The first-order valence-electron chi connectivity index (χ1n) is 16.1. The molecule has 3 N–H and O–H groups in total. The number of aliphatic carboxylic acids is 1. The molecule has 0 aliphatic carbocycles. The zero-order chi connectivity index (χ0) is 26.1. The van der Waals surface area contributed by atoms with E-state index in [1.807, 2.05) is 0 Å². The van der Waals surface area contributed by atoms with Crippen LogP contribution in [0.15, 0.2) is 0 Å². The van der Waals surface area contributed by atoms with Crippen molar-refractivity contribution in [2.75, 3.05) is 6.54 Å². The smallest absolute Gasteiger partial charge is 0.303 e. The monoisotopic (exact) mass is 498 g/mol. The van der Waals surface area contributed by atoms with Gasteiger partial charge in [-0.25, -0.2) is 0 Å². The fourth-order valence-corrected chi connectivity index (χ4v) is 4.63. The summed E-state index contributed by atoms with van der Waals surface area (Å²) >= 11 is 0. The summed E-state index contributed by atoms with van der Waals surface area (Å²) in [5, 5.41) is 8.56. The third kappa shape index (κ3) is 40.9. The number of carboxylic acids is 1. The SMILES string of the molecule is CCCCCCCCCCCCCCCCCCCCCC(=O)O.CCCCCCCCCCN. The molecule has 212 valence electrons. The summed E-state index contributed by atoms with van der Waals surface area (Å²) in [5.41, 5.74) is 5.39. The molecular weight excluding hydrogens is 430 g/mol. The van der Waals surface area contributed by atoms with Gasteiger partial charge in [0.2, 0.25) is 0 Å². The van der Waals surface area contributed by atoms with E-state index in [9.17, 15) is 4.79 Å². The molecule has 0 unspecified atom stereocenters. The fourth-order valence-electron chi connectivity index (χ4n) is 4.63. The standard InChI is InChI=1S/C22H44O2.C10H23N/c1-2-3-4-5-6-7-8-9-10-11-12-13-14-15-16-17-18-19-20-21-22(23)24;1-2-3-4-5-6-7-8-9-10-11/h2-21H2,1H3,(H,23,24);2-11H2,1H3. The van der Waals surface area contributed by atoms with Crippen molar-refractivity contribution in [2.24, 2.45) is 5.73 Å². The second-order valence-electron chi connectivity index (χ2n) is 10.8. The van der Waals surface area contributed by atoms with Gasteiger partial charge in [-0.2, -0.15) is 0 Å². The number of unbranched alkanes of at least 4 members (excludes halogenated alkanes) is 25. The second-order valence-corrected chi connectivity index (χ2v) is 10.8. The Morgan fingerprint density at radius 2 is 0.657 bits per heavy atom. The molecule has 0 spiro atoms. The summed E-state index contributed by atoms with van der Waals surface area (Å²) in [5.74, 6) is -0.651. The van der Waals surface area contributed by atoms with Crippen molar-refractivity contribution in [3.63, 3.8) is 0 Å². The molecule has 0 saturated carbocycles. The Labute approximate surface area is 221 Å². The maximum absolute atomic E-state index is 10.4. The summed E-state index contributed by atoms with van der Waals surface area (Å²) in [7, 11) is 0. The summed E-state index contributed by atoms with van der Waals surface area (Å²) in [6.07, 6.45) is 37.1. The Morgan fingerprint density at radius 1 is 0.429 bits per heavy atom. The van der Waals surface area contributed by atoms with Crippen molar-refractivity contribution in [1.29, 1.82) is 0 Å². The van der Waals surface area contributed by atoms with Crippen molar-refractivity contribution in [2.45, 2.75) is 194 Å². The van der Waals surface area contributed by atoms with E-state index in [4.69, 9.17) is 10.8 Å². The highest BCUT2D eigenvalue weighted by Crippen LogP contribution is 2.14. The number of carbonyl (C=O) groups is 1. The van der Waals surface area contributed by atoms with Gasteiger partial charge in [0.15, 0.2) is 0 Å². The largest absolute Gasteiger partial charge is 0.481 e. The molecule has 0 aliphatic heterocycles. The highest BCUT2D eigenvalue weighted by molar-refractivity contribution is 5.66. The van der Waals surface area contributed by atoms with Gasteiger partial charge in [0.1, 0.15) is 0 Å². The van der Waals surface area contributed by atoms with Crippen LogP contribution in [-0.4, -0.2) is 17.6 Å². The van der Waals surface area contributed by atoms with Gasteiger partial charge in [0.05, 0.1) is 0 Å². The molecule has 0 rings (SSSR count). The molecule has 0 saturated heterocycles. The lowest BCUT2D eigenvalue weighted by atomic mass is 10.0. The van der Waals surface area contributed by atoms with Crippen molar-refractivity contribution in [1.82, 2.24) is 0 Å². The van der Waals surface area contributed by atoms with E-state index in [2.05, 4.69) is 13.8 Å². The minimum absolute atomic E-state index is 0.346. The molecule has 0 aromatic rings. The van der Waals surface area contributed by atoms with Crippen LogP contribution in [-0.2, 0) is 4.79 Å². The van der Waals surface area contributed by atoms with E-state index in [0.29, 0.717) is 6.42 Å². The van der Waals surface area contributed by atoms with Crippen LogP contribution in [0.25, 0.3) is 0 Å². The highest BCUT2D eigenvalue weighted by Gasteiger charge is 1.97. The first-order valence-corrected chi connectivity index (χ1v) is 16.1. The third-order valence-electron chi connectivity index (χ3n) is 7.05. The van der Waals surface area contributed by atoms with Gasteiger partial charge in [-0.3, -0.25) is 4.79 Å². The molecule has 0 radical (unpaired) electrons. The molecule has 0 bridgehead atoms. The zero-order valence-corrected chi connectivity index (χ0v) is 24.4. The van der Waals surface area contributed by atoms with E-state index in [1.54, 1.807) is 0 Å². The molecule has 0 fully saturated rings. The van der Waals surface area contributed by atoms with Gasteiger partial charge in [-0.1, -0.05) is 174 Å². The molecule has 35 heavy (non-hydrogen) atoms. The summed E-state index contributed by atoms with van der Waals surface area (Å²) in [6, 6.07) is 0. The highest BCUT2D eigenvalue weighted by atomic mass is 16.4. The molecule has 0 aromatic heterocycles. The maximum atomic E-state index is 10.4. The minimum atomic E-state index is -0.651. The maximum Gasteiger partial charge on any atom is 0.303 e. The van der Waals surface area contributed by atoms with Gasteiger partial charge in [-0.15, -0.1) is 0 Å². The van der Waals surface area contributed by atoms with Crippen molar-refractivity contribution in [3.05, 3.63) is 0 Å². The molecule has 0 aromatic carbocycles. The lowest BCUT2D eigenvalue weighted by Crippen LogP contribution is -1.97.